The van der Waals surface area contributed by atoms with Crippen molar-refractivity contribution in [2.45, 2.75) is 13.8 Å². The van der Waals surface area contributed by atoms with Gasteiger partial charge in [0.05, 0.1) is 21.7 Å². The van der Waals surface area contributed by atoms with E-state index in [1.165, 1.54) is 6.92 Å². The Morgan fingerprint density at radius 3 is 2.43 bits per heavy atom. The quantitative estimate of drug-likeness (QED) is 0.478. The van der Waals surface area contributed by atoms with Crippen LogP contribution in [-0.2, 0) is 4.79 Å². The average Bonchev–Trinajstić information content (AvgIpc) is 3.05. The summed E-state index contributed by atoms with van der Waals surface area (Å²) in [5, 5.41) is 5.80. The van der Waals surface area contributed by atoms with Gasteiger partial charge >= 0.3 is 0 Å². The number of carbonyl (C=O) groups is 2. The first-order valence-electron chi connectivity index (χ1n) is 9.35. The van der Waals surface area contributed by atoms with Crippen molar-refractivity contribution >= 4 is 45.8 Å². The molecule has 0 aliphatic rings. The van der Waals surface area contributed by atoms with Crippen molar-refractivity contribution in [1.29, 1.82) is 0 Å². The van der Waals surface area contributed by atoms with Crippen LogP contribution >= 0.6 is 11.6 Å². The predicted molar refractivity (Wildman–Crippen MR) is 120 cm³/mol. The number of hydrogen-bond donors (Lipinski definition) is 2. The molecule has 1 heterocycles. The number of halogens is 1. The number of para-hydroxylation sites is 1. The fourth-order valence-corrected chi connectivity index (χ4v) is 3.56. The number of nitrogens with one attached hydrogen (secondary N) is 2. The number of nitrogens with zero attached hydrogens (tertiary/aromatic N) is 2. The number of aryl methyl sites for hydroxylation is 1. The van der Waals surface area contributed by atoms with E-state index >= 15 is 0 Å². The minimum absolute atomic E-state index is 0.216. The molecule has 6 nitrogen and oxygen atoms in total. The summed E-state index contributed by atoms with van der Waals surface area (Å²) in [6.45, 7) is 3.34. The second-order valence-electron chi connectivity index (χ2n) is 6.86. The summed E-state index contributed by atoms with van der Waals surface area (Å²) in [7, 11) is 0. The molecule has 1 aromatic heterocycles. The van der Waals surface area contributed by atoms with Crippen molar-refractivity contribution in [2.24, 2.45) is 0 Å². The van der Waals surface area contributed by atoms with Crippen molar-refractivity contribution in [3.8, 4) is 5.69 Å². The first kappa shape index (κ1) is 19.7. The van der Waals surface area contributed by atoms with Gasteiger partial charge in [-0.15, -0.1) is 0 Å². The Balaban J connectivity index is 1.60. The van der Waals surface area contributed by atoms with E-state index in [9.17, 15) is 9.59 Å². The van der Waals surface area contributed by atoms with Gasteiger partial charge in [0, 0.05) is 23.9 Å². The summed E-state index contributed by atoms with van der Waals surface area (Å²) >= 11 is 6.18. The number of aromatic nitrogens is 2. The van der Waals surface area contributed by atoms with E-state index in [2.05, 4.69) is 20.2 Å². The number of rotatable bonds is 4. The molecule has 0 aliphatic carbocycles. The summed E-state index contributed by atoms with van der Waals surface area (Å²) in [5.74, 6) is 0.355. The topological polar surface area (TPSA) is 76.0 Å². The Bertz CT molecular complexity index is 1270. The molecule has 0 radical (unpaired) electrons. The molecule has 0 aliphatic heterocycles. The Morgan fingerprint density at radius 2 is 1.73 bits per heavy atom. The highest BCUT2D eigenvalue weighted by atomic mass is 35.5. The van der Waals surface area contributed by atoms with Gasteiger partial charge < -0.3 is 10.6 Å². The van der Waals surface area contributed by atoms with E-state index in [0.717, 1.165) is 22.5 Å². The van der Waals surface area contributed by atoms with E-state index < -0.39 is 0 Å². The number of anilines is 2. The standard InChI is InChI=1S/C23H19ClN4O2/c1-14-25-21-12-16(8-11-22(21)28(14)18-6-4-3-5-7-18)23(30)27-17-9-10-20(19(24)13-17)26-15(2)29/h3-13H,1-2H3,(H,26,29)(H,27,30). The second-order valence-corrected chi connectivity index (χ2v) is 7.27. The van der Waals surface area contributed by atoms with Gasteiger partial charge in [0.15, 0.2) is 0 Å². The lowest BCUT2D eigenvalue weighted by Gasteiger charge is -2.10. The van der Waals surface area contributed by atoms with Gasteiger partial charge in [0.2, 0.25) is 5.91 Å². The SMILES string of the molecule is CC(=O)Nc1ccc(NC(=O)c2ccc3c(c2)nc(C)n3-c2ccccc2)cc1Cl. The minimum atomic E-state index is -0.271. The van der Waals surface area contributed by atoms with Crippen LogP contribution in [-0.4, -0.2) is 21.4 Å². The molecule has 30 heavy (non-hydrogen) atoms. The molecular weight excluding hydrogens is 400 g/mol. The van der Waals surface area contributed by atoms with Gasteiger partial charge in [-0.1, -0.05) is 29.8 Å². The highest BCUT2D eigenvalue weighted by Gasteiger charge is 2.13. The van der Waals surface area contributed by atoms with E-state index in [1.807, 2.05) is 43.3 Å². The van der Waals surface area contributed by atoms with Crippen LogP contribution < -0.4 is 10.6 Å². The van der Waals surface area contributed by atoms with Crippen molar-refractivity contribution in [2.75, 3.05) is 10.6 Å². The molecule has 0 atom stereocenters. The monoisotopic (exact) mass is 418 g/mol. The number of fused-ring (bicyclic) bond motifs is 1. The smallest absolute Gasteiger partial charge is 0.255 e. The zero-order valence-electron chi connectivity index (χ0n) is 16.4. The number of amides is 2. The largest absolute Gasteiger partial charge is 0.325 e. The Hall–Kier alpha value is -3.64. The molecule has 2 N–H and O–H groups in total. The lowest BCUT2D eigenvalue weighted by Crippen LogP contribution is -2.12. The van der Waals surface area contributed by atoms with Gasteiger partial charge in [-0.3, -0.25) is 14.2 Å². The van der Waals surface area contributed by atoms with E-state index in [0.29, 0.717) is 22.0 Å². The van der Waals surface area contributed by atoms with Crippen molar-refractivity contribution < 1.29 is 9.59 Å². The molecule has 3 aromatic carbocycles. The molecule has 0 saturated carbocycles. The highest BCUT2D eigenvalue weighted by molar-refractivity contribution is 6.34. The fraction of sp³-hybridized carbons (Fsp3) is 0.0870. The van der Waals surface area contributed by atoms with Crippen LogP contribution in [0.5, 0.6) is 0 Å². The molecule has 7 heteroatoms. The number of carbonyl (C=O) groups excluding carboxylic acids is 2. The Morgan fingerprint density at radius 1 is 0.967 bits per heavy atom. The molecular formula is C23H19ClN4O2. The predicted octanol–water partition coefficient (Wildman–Crippen LogP) is 5.20. The van der Waals surface area contributed by atoms with Crippen LogP contribution in [0.3, 0.4) is 0 Å². The summed E-state index contributed by atoms with van der Waals surface area (Å²) < 4.78 is 2.05. The van der Waals surface area contributed by atoms with E-state index in [-0.39, 0.29) is 11.8 Å². The molecule has 0 unspecified atom stereocenters. The van der Waals surface area contributed by atoms with Gasteiger partial charge in [0.1, 0.15) is 5.82 Å². The van der Waals surface area contributed by atoms with E-state index in [4.69, 9.17) is 11.6 Å². The van der Waals surface area contributed by atoms with Gasteiger partial charge in [-0.2, -0.15) is 0 Å². The van der Waals surface area contributed by atoms with Crippen molar-refractivity contribution in [3.63, 3.8) is 0 Å². The Labute approximate surface area is 178 Å². The third-order valence-corrected chi connectivity index (χ3v) is 4.95. The van der Waals surface area contributed by atoms with E-state index in [1.54, 1.807) is 30.3 Å². The molecule has 0 saturated heterocycles. The fourth-order valence-electron chi connectivity index (χ4n) is 3.33. The van der Waals surface area contributed by atoms with Crippen LogP contribution in [0.15, 0.2) is 66.7 Å². The van der Waals surface area contributed by atoms with Crippen molar-refractivity contribution in [1.82, 2.24) is 9.55 Å². The molecule has 0 spiro atoms. The first-order chi connectivity index (χ1) is 14.4. The molecule has 0 bridgehead atoms. The molecule has 150 valence electrons. The van der Waals surface area contributed by atoms with Gasteiger partial charge in [-0.05, 0) is 55.5 Å². The minimum Gasteiger partial charge on any atom is -0.325 e. The zero-order chi connectivity index (χ0) is 21.3. The summed E-state index contributed by atoms with van der Waals surface area (Å²) in [6.07, 6.45) is 0. The number of hydrogen-bond acceptors (Lipinski definition) is 3. The number of benzene rings is 3. The maximum atomic E-state index is 12.7. The van der Waals surface area contributed by atoms with Crippen LogP contribution in [0.4, 0.5) is 11.4 Å². The molecule has 0 fully saturated rings. The van der Waals surface area contributed by atoms with Crippen LogP contribution in [0.1, 0.15) is 23.1 Å². The Kier molecular flexibility index (Phi) is 5.25. The van der Waals surface area contributed by atoms with Gasteiger partial charge in [-0.25, -0.2) is 4.98 Å². The summed E-state index contributed by atoms with van der Waals surface area (Å²) in [4.78, 5) is 28.5. The lowest BCUT2D eigenvalue weighted by atomic mass is 10.1. The van der Waals surface area contributed by atoms with Crippen LogP contribution in [0, 0.1) is 6.92 Å². The molecule has 2 amide bonds. The molecule has 4 rings (SSSR count). The average molecular weight is 419 g/mol. The maximum absolute atomic E-state index is 12.7. The van der Waals surface area contributed by atoms with Crippen molar-refractivity contribution in [3.05, 3.63) is 83.1 Å². The van der Waals surface area contributed by atoms with Crippen LogP contribution in [0.2, 0.25) is 5.02 Å². The number of imidazole rings is 1. The lowest BCUT2D eigenvalue weighted by molar-refractivity contribution is -0.114. The highest BCUT2D eigenvalue weighted by Crippen LogP contribution is 2.26. The summed E-state index contributed by atoms with van der Waals surface area (Å²) in [5.41, 5.74) is 4.20. The van der Waals surface area contributed by atoms with Crippen LogP contribution in [0.25, 0.3) is 16.7 Å². The summed E-state index contributed by atoms with van der Waals surface area (Å²) in [6, 6.07) is 20.3. The maximum Gasteiger partial charge on any atom is 0.255 e. The third kappa shape index (κ3) is 3.90. The molecule has 4 aromatic rings. The zero-order valence-corrected chi connectivity index (χ0v) is 17.2. The third-order valence-electron chi connectivity index (χ3n) is 4.64. The first-order valence-corrected chi connectivity index (χ1v) is 9.73. The van der Waals surface area contributed by atoms with Gasteiger partial charge in [0.25, 0.3) is 5.91 Å². The second kappa shape index (κ2) is 8.00. The normalized spacial score (nSPS) is 10.8.